The van der Waals surface area contributed by atoms with Gasteiger partial charge in [0.05, 0.1) is 5.75 Å². The molecular weight excluding hydrogens is 483 g/mol. The van der Waals surface area contributed by atoms with Crippen LogP contribution < -0.4 is 5.32 Å². The number of hydrogen-bond acceptors (Lipinski definition) is 3. The Hall–Kier alpha value is -1.21. The van der Waals surface area contributed by atoms with E-state index in [0.29, 0.717) is 22.3 Å². The van der Waals surface area contributed by atoms with Crippen molar-refractivity contribution in [3.63, 3.8) is 0 Å². The number of rotatable bonds is 8. The van der Waals surface area contributed by atoms with Crippen LogP contribution in [0.1, 0.15) is 18.1 Å². The largest absolute Gasteiger partial charge is 0.357 e. The monoisotopic (exact) mass is 502 g/mol. The number of benzene rings is 2. The molecule has 0 unspecified atom stereocenters. The second-order valence-corrected chi connectivity index (χ2v) is 8.91. The van der Waals surface area contributed by atoms with Gasteiger partial charge >= 0.3 is 0 Å². The smallest absolute Gasteiger partial charge is 0.242 e. The van der Waals surface area contributed by atoms with E-state index < -0.39 is 6.04 Å². The fourth-order valence-corrected chi connectivity index (χ4v) is 4.28. The third-order valence-corrected chi connectivity index (χ3v) is 6.26. The molecule has 0 bridgehead atoms. The van der Waals surface area contributed by atoms with Crippen LogP contribution in [0.15, 0.2) is 46.9 Å². The Morgan fingerprint density at radius 2 is 1.86 bits per heavy atom. The van der Waals surface area contributed by atoms with Crippen LogP contribution in [-0.2, 0) is 21.9 Å². The number of carbonyl (C=O) groups is 2. The first-order valence-corrected chi connectivity index (χ1v) is 11.3. The van der Waals surface area contributed by atoms with Crippen LogP contribution in [0, 0.1) is 0 Å². The highest BCUT2D eigenvalue weighted by molar-refractivity contribution is 9.10. The zero-order chi connectivity index (χ0) is 20.7. The van der Waals surface area contributed by atoms with Crippen molar-refractivity contribution in [3.8, 4) is 0 Å². The number of halogens is 3. The fraction of sp³-hybridized carbons (Fsp3) is 0.300. The molecular formula is C20H21BrCl2N2O2S. The summed E-state index contributed by atoms with van der Waals surface area (Å²) in [4.78, 5) is 26.6. The number of carbonyl (C=O) groups excluding carboxylic acids is 2. The zero-order valence-electron chi connectivity index (χ0n) is 15.5. The van der Waals surface area contributed by atoms with Gasteiger partial charge in [-0.05, 0) is 42.3 Å². The lowest BCUT2D eigenvalue weighted by molar-refractivity contribution is -0.138. The molecule has 0 aliphatic heterocycles. The van der Waals surface area contributed by atoms with Gasteiger partial charge in [-0.1, -0.05) is 57.3 Å². The molecule has 28 heavy (non-hydrogen) atoms. The van der Waals surface area contributed by atoms with E-state index in [1.54, 1.807) is 31.0 Å². The highest BCUT2D eigenvalue weighted by Crippen LogP contribution is 2.25. The number of thioether (sulfide) groups is 1. The summed E-state index contributed by atoms with van der Waals surface area (Å²) < 4.78 is 0.962. The summed E-state index contributed by atoms with van der Waals surface area (Å²) in [7, 11) is 1.57. The summed E-state index contributed by atoms with van der Waals surface area (Å²) in [5.41, 5.74) is 1.88. The molecule has 2 rings (SSSR count). The Morgan fingerprint density at radius 1 is 1.18 bits per heavy atom. The van der Waals surface area contributed by atoms with E-state index in [0.717, 1.165) is 15.6 Å². The quantitative estimate of drug-likeness (QED) is 0.541. The molecule has 0 aromatic heterocycles. The molecule has 2 amide bonds. The van der Waals surface area contributed by atoms with Crippen molar-refractivity contribution in [1.29, 1.82) is 0 Å². The van der Waals surface area contributed by atoms with Crippen molar-refractivity contribution in [2.24, 2.45) is 0 Å². The predicted octanol–water partition coefficient (Wildman–Crippen LogP) is 5.15. The van der Waals surface area contributed by atoms with Gasteiger partial charge in [0, 0.05) is 33.9 Å². The van der Waals surface area contributed by atoms with Gasteiger partial charge in [0.2, 0.25) is 11.8 Å². The topological polar surface area (TPSA) is 49.4 Å². The second kappa shape index (κ2) is 11.1. The Bertz CT molecular complexity index is 833. The summed E-state index contributed by atoms with van der Waals surface area (Å²) >= 11 is 17.0. The van der Waals surface area contributed by atoms with E-state index >= 15 is 0 Å². The summed E-state index contributed by atoms with van der Waals surface area (Å²) in [5.74, 6) is 0.532. The van der Waals surface area contributed by atoms with Gasteiger partial charge in [0.1, 0.15) is 6.04 Å². The molecule has 0 aliphatic rings. The Kier molecular flexibility index (Phi) is 9.15. The lowest BCUT2D eigenvalue weighted by atomic mass is 10.1. The normalized spacial score (nSPS) is 11.8. The molecule has 1 N–H and O–H groups in total. The molecule has 0 fully saturated rings. The summed E-state index contributed by atoms with van der Waals surface area (Å²) in [6.07, 6.45) is 0. The van der Waals surface area contributed by atoms with Crippen LogP contribution in [0.3, 0.4) is 0 Å². The summed E-state index contributed by atoms with van der Waals surface area (Å²) in [6.45, 7) is 2.10. The number of nitrogens with one attached hydrogen (secondary N) is 1. The van der Waals surface area contributed by atoms with E-state index in [1.165, 1.54) is 11.8 Å². The second-order valence-electron chi connectivity index (χ2n) is 6.17. The highest BCUT2D eigenvalue weighted by Gasteiger charge is 2.25. The number of nitrogens with zero attached hydrogens (tertiary/aromatic N) is 1. The molecule has 2 aromatic carbocycles. The average Bonchev–Trinajstić information content (AvgIpc) is 2.67. The molecule has 0 saturated heterocycles. The maximum atomic E-state index is 12.9. The first-order valence-electron chi connectivity index (χ1n) is 8.59. The molecule has 150 valence electrons. The van der Waals surface area contributed by atoms with Gasteiger partial charge in [-0.15, -0.1) is 11.8 Å². The van der Waals surface area contributed by atoms with Crippen molar-refractivity contribution in [2.45, 2.75) is 25.3 Å². The fourth-order valence-electron chi connectivity index (χ4n) is 2.55. The molecule has 0 radical (unpaired) electrons. The van der Waals surface area contributed by atoms with Crippen molar-refractivity contribution in [2.75, 3.05) is 12.8 Å². The SMILES string of the molecule is CNC(=O)[C@H](C)N(Cc1ccc(Br)cc1)C(=O)CSCc1ccc(Cl)cc1Cl. The van der Waals surface area contributed by atoms with Gasteiger partial charge in [-0.25, -0.2) is 0 Å². The predicted molar refractivity (Wildman–Crippen MR) is 121 cm³/mol. The molecule has 0 spiro atoms. The van der Waals surface area contributed by atoms with E-state index in [1.807, 2.05) is 30.3 Å². The third-order valence-electron chi connectivity index (χ3n) is 4.18. The lowest BCUT2D eigenvalue weighted by Crippen LogP contribution is -2.47. The number of likely N-dealkylation sites (N-methyl/N-ethyl adjacent to an activating group) is 1. The molecule has 4 nitrogen and oxygen atoms in total. The van der Waals surface area contributed by atoms with Gasteiger partial charge in [-0.3, -0.25) is 9.59 Å². The maximum absolute atomic E-state index is 12.9. The Morgan fingerprint density at radius 3 is 2.46 bits per heavy atom. The minimum Gasteiger partial charge on any atom is -0.357 e. The molecule has 0 heterocycles. The van der Waals surface area contributed by atoms with E-state index in [9.17, 15) is 9.59 Å². The third kappa shape index (κ3) is 6.69. The first-order chi connectivity index (χ1) is 13.3. The highest BCUT2D eigenvalue weighted by atomic mass is 79.9. The molecule has 2 aromatic rings. The van der Waals surface area contributed by atoms with Gasteiger partial charge in [0.15, 0.2) is 0 Å². The van der Waals surface area contributed by atoms with Crippen molar-refractivity contribution in [1.82, 2.24) is 10.2 Å². The number of amides is 2. The molecule has 8 heteroatoms. The minimum absolute atomic E-state index is 0.103. The molecule has 1 atom stereocenters. The lowest BCUT2D eigenvalue weighted by Gasteiger charge is -2.28. The Labute approximate surface area is 188 Å². The van der Waals surface area contributed by atoms with E-state index in [-0.39, 0.29) is 17.6 Å². The maximum Gasteiger partial charge on any atom is 0.242 e. The van der Waals surface area contributed by atoms with Gasteiger partial charge in [0.25, 0.3) is 0 Å². The summed E-state index contributed by atoms with van der Waals surface area (Å²) in [6, 6.07) is 12.4. The first kappa shape index (κ1) is 23.1. The standard InChI is InChI=1S/C20H21BrCl2N2O2S/c1-13(20(27)24-2)25(10-14-3-6-16(21)7-4-14)19(26)12-28-11-15-5-8-17(22)9-18(15)23/h3-9,13H,10-12H2,1-2H3,(H,24,27)/t13-/m0/s1. The van der Waals surface area contributed by atoms with Crippen molar-refractivity contribution in [3.05, 3.63) is 68.1 Å². The van der Waals surface area contributed by atoms with E-state index in [2.05, 4.69) is 21.2 Å². The van der Waals surface area contributed by atoms with Crippen molar-refractivity contribution < 1.29 is 9.59 Å². The summed E-state index contributed by atoms with van der Waals surface area (Å²) in [5, 5.41) is 3.77. The minimum atomic E-state index is -0.569. The van der Waals surface area contributed by atoms with Gasteiger partial charge in [-0.2, -0.15) is 0 Å². The van der Waals surface area contributed by atoms with Crippen LogP contribution in [-0.4, -0.2) is 35.6 Å². The van der Waals surface area contributed by atoms with Crippen LogP contribution >= 0.6 is 50.9 Å². The van der Waals surface area contributed by atoms with Crippen molar-refractivity contribution >= 4 is 62.7 Å². The van der Waals surface area contributed by atoms with Crippen LogP contribution in [0.5, 0.6) is 0 Å². The zero-order valence-corrected chi connectivity index (χ0v) is 19.5. The van der Waals surface area contributed by atoms with Crippen LogP contribution in [0.2, 0.25) is 10.0 Å². The van der Waals surface area contributed by atoms with Crippen LogP contribution in [0.25, 0.3) is 0 Å². The average molecular weight is 504 g/mol. The number of hydrogen-bond donors (Lipinski definition) is 1. The molecule has 0 aliphatic carbocycles. The van der Waals surface area contributed by atoms with E-state index in [4.69, 9.17) is 23.2 Å². The Balaban J connectivity index is 2.05. The van der Waals surface area contributed by atoms with Crippen LogP contribution in [0.4, 0.5) is 0 Å². The van der Waals surface area contributed by atoms with Gasteiger partial charge < -0.3 is 10.2 Å². The molecule has 0 saturated carbocycles.